The monoisotopic (exact) mass is 271 g/mol. The SMILES string of the molecule is CCC(C)[C@H](NC(=O)CN1CCC(N)CC1)C(=O)O. The third-order valence-corrected chi connectivity index (χ3v) is 3.79. The molecular formula is C13H25N3O3. The summed E-state index contributed by atoms with van der Waals surface area (Å²) >= 11 is 0. The van der Waals surface area contributed by atoms with E-state index in [-0.39, 0.29) is 24.4 Å². The lowest BCUT2D eigenvalue weighted by molar-refractivity contribution is -0.143. The van der Waals surface area contributed by atoms with Gasteiger partial charge in [-0.3, -0.25) is 9.69 Å². The molecule has 1 heterocycles. The van der Waals surface area contributed by atoms with Gasteiger partial charge >= 0.3 is 5.97 Å². The Labute approximate surface area is 114 Å². The van der Waals surface area contributed by atoms with E-state index in [9.17, 15) is 9.59 Å². The molecule has 1 amide bonds. The number of hydrogen-bond acceptors (Lipinski definition) is 4. The minimum absolute atomic E-state index is 0.0729. The lowest BCUT2D eigenvalue weighted by Gasteiger charge is -2.30. The summed E-state index contributed by atoms with van der Waals surface area (Å²) in [5.41, 5.74) is 5.80. The smallest absolute Gasteiger partial charge is 0.326 e. The Morgan fingerprint density at radius 1 is 1.42 bits per heavy atom. The quantitative estimate of drug-likeness (QED) is 0.633. The average molecular weight is 271 g/mol. The van der Waals surface area contributed by atoms with E-state index in [1.807, 2.05) is 18.7 Å². The number of nitrogens with two attached hydrogens (primary N) is 1. The van der Waals surface area contributed by atoms with Gasteiger partial charge in [-0.05, 0) is 18.8 Å². The number of carbonyl (C=O) groups excluding carboxylic acids is 1. The topological polar surface area (TPSA) is 95.7 Å². The molecule has 2 atom stereocenters. The molecule has 1 rings (SSSR count). The van der Waals surface area contributed by atoms with Crippen LogP contribution in [0, 0.1) is 5.92 Å². The highest BCUT2D eigenvalue weighted by atomic mass is 16.4. The van der Waals surface area contributed by atoms with Gasteiger partial charge < -0.3 is 16.2 Å². The minimum atomic E-state index is -0.969. The zero-order chi connectivity index (χ0) is 14.4. The fourth-order valence-corrected chi connectivity index (χ4v) is 2.22. The first-order valence-electron chi connectivity index (χ1n) is 6.94. The van der Waals surface area contributed by atoms with Gasteiger partial charge in [-0.1, -0.05) is 20.3 Å². The Bertz CT molecular complexity index is 314. The maximum atomic E-state index is 11.9. The van der Waals surface area contributed by atoms with Gasteiger partial charge in [0.05, 0.1) is 6.54 Å². The van der Waals surface area contributed by atoms with Crippen molar-refractivity contribution in [1.82, 2.24) is 10.2 Å². The molecular weight excluding hydrogens is 246 g/mol. The van der Waals surface area contributed by atoms with E-state index in [2.05, 4.69) is 5.32 Å². The van der Waals surface area contributed by atoms with Gasteiger partial charge in [0.25, 0.3) is 0 Å². The van der Waals surface area contributed by atoms with Gasteiger partial charge in [-0.25, -0.2) is 4.79 Å². The molecule has 6 heteroatoms. The number of aliphatic carboxylic acids is 1. The first kappa shape index (κ1) is 15.9. The molecule has 0 aromatic rings. The Hall–Kier alpha value is -1.14. The Morgan fingerprint density at radius 3 is 2.47 bits per heavy atom. The van der Waals surface area contributed by atoms with E-state index < -0.39 is 12.0 Å². The number of likely N-dealkylation sites (tertiary alicyclic amines) is 1. The molecule has 0 radical (unpaired) electrons. The van der Waals surface area contributed by atoms with Crippen LogP contribution in [0.2, 0.25) is 0 Å². The molecule has 0 spiro atoms. The van der Waals surface area contributed by atoms with Crippen molar-refractivity contribution in [2.24, 2.45) is 11.7 Å². The number of carboxylic acids is 1. The summed E-state index contributed by atoms with van der Waals surface area (Å²) in [7, 11) is 0. The van der Waals surface area contributed by atoms with E-state index in [1.165, 1.54) is 0 Å². The summed E-state index contributed by atoms with van der Waals surface area (Å²) in [5.74, 6) is -1.26. The van der Waals surface area contributed by atoms with Crippen molar-refractivity contribution in [2.75, 3.05) is 19.6 Å². The van der Waals surface area contributed by atoms with Crippen LogP contribution >= 0.6 is 0 Å². The molecule has 0 aromatic heterocycles. The predicted molar refractivity (Wildman–Crippen MR) is 72.7 cm³/mol. The predicted octanol–water partition coefficient (Wildman–Crippen LogP) is 0.0250. The Kier molecular flexibility index (Phi) is 6.24. The van der Waals surface area contributed by atoms with E-state index in [0.717, 1.165) is 32.4 Å². The highest BCUT2D eigenvalue weighted by molar-refractivity contribution is 5.84. The Balaban J connectivity index is 2.42. The second kappa shape index (κ2) is 7.45. The molecule has 0 aromatic carbocycles. The molecule has 110 valence electrons. The number of rotatable bonds is 6. The van der Waals surface area contributed by atoms with Crippen LogP contribution in [0.5, 0.6) is 0 Å². The molecule has 1 aliphatic rings. The lowest BCUT2D eigenvalue weighted by Crippen LogP contribution is -2.50. The third kappa shape index (κ3) is 5.16. The van der Waals surface area contributed by atoms with Crippen LogP contribution in [0.4, 0.5) is 0 Å². The molecule has 1 aliphatic heterocycles. The zero-order valence-corrected chi connectivity index (χ0v) is 11.8. The van der Waals surface area contributed by atoms with Crippen LogP contribution in [0.3, 0.4) is 0 Å². The Morgan fingerprint density at radius 2 is 2.00 bits per heavy atom. The molecule has 19 heavy (non-hydrogen) atoms. The van der Waals surface area contributed by atoms with Crippen molar-refractivity contribution in [1.29, 1.82) is 0 Å². The number of amides is 1. The van der Waals surface area contributed by atoms with E-state index in [0.29, 0.717) is 0 Å². The first-order chi connectivity index (χ1) is 8.93. The van der Waals surface area contributed by atoms with Crippen molar-refractivity contribution in [2.45, 2.75) is 45.2 Å². The number of carbonyl (C=O) groups is 2. The number of piperidine rings is 1. The van der Waals surface area contributed by atoms with E-state index in [4.69, 9.17) is 10.8 Å². The first-order valence-corrected chi connectivity index (χ1v) is 6.94. The molecule has 0 aliphatic carbocycles. The molecule has 1 unspecified atom stereocenters. The van der Waals surface area contributed by atoms with Crippen molar-refractivity contribution >= 4 is 11.9 Å². The van der Waals surface area contributed by atoms with Crippen LogP contribution in [-0.2, 0) is 9.59 Å². The lowest BCUT2D eigenvalue weighted by atomic mass is 9.99. The largest absolute Gasteiger partial charge is 0.480 e. The van der Waals surface area contributed by atoms with Gasteiger partial charge in [0.1, 0.15) is 6.04 Å². The number of hydrogen-bond donors (Lipinski definition) is 3. The summed E-state index contributed by atoms with van der Waals surface area (Å²) in [6, 6.07) is -0.573. The van der Waals surface area contributed by atoms with E-state index in [1.54, 1.807) is 0 Å². The second-order valence-electron chi connectivity index (χ2n) is 5.38. The number of nitrogens with one attached hydrogen (secondary N) is 1. The summed E-state index contributed by atoms with van der Waals surface area (Å²) in [6.45, 7) is 5.61. The summed E-state index contributed by atoms with van der Waals surface area (Å²) in [4.78, 5) is 25.0. The van der Waals surface area contributed by atoms with Crippen LogP contribution in [0.25, 0.3) is 0 Å². The highest BCUT2D eigenvalue weighted by Crippen LogP contribution is 2.09. The molecule has 4 N–H and O–H groups in total. The van der Waals surface area contributed by atoms with Gasteiger partial charge in [-0.2, -0.15) is 0 Å². The van der Waals surface area contributed by atoms with Crippen LogP contribution < -0.4 is 11.1 Å². The fraction of sp³-hybridized carbons (Fsp3) is 0.846. The van der Waals surface area contributed by atoms with Crippen LogP contribution in [0.15, 0.2) is 0 Å². The molecule has 1 fully saturated rings. The number of carboxylic acid groups (broad SMARTS) is 1. The minimum Gasteiger partial charge on any atom is -0.480 e. The molecule has 1 saturated heterocycles. The van der Waals surface area contributed by atoms with Crippen molar-refractivity contribution in [3.8, 4) is 0 Å². The normalized spacial score (nSPS) is 20.8. The maximum Gasteiger partial charge on any atom is 0.326 e. The average Bonchev–Trinajstić information content (AvgIpc) is 2.37. The fourth-order valence-electron chi connectivity index (χ4n) is 2.22. The second-order valence-corrected chi connectivity index (χ2v) is 5.38. The van der Waals surface area contributed by atoms with Crippen molar-refractivity contribution < 1.29 is 14.7 Å². The number of nitrogens with zero attached hydrogens (tertiary/aromatic N) is 1. The standard InChI is InChI=1S/C13H25N3O3/c1-3-9(2)12(13(18)19)15-11(17)8-16-6-4-10(14)5-7-16/h9-10,12H,3-8,14H2,1-2H3,(H,15,17)(H,18,19)/t9?,12-/m0/s1. The van der Waals surface area contributed by atoms with Gasteiger partial charge in [0.2, 0.25) is 5.91 Å². The van der Waals surface area contributed by atoms with Crippen LogP contribution in [-0.4, -0.2) is 53.6 Å². The highest BCUT2D eigenvalue weighted by Gasteiger charge is 2.26. The van der Waals surface area contributed by atoms with Crippen LogP contribution in [0.1, 0.15) is 33.1 Å². The third-order valence-electron chi connectivity index (χ3n) is 3.79. The van der Waals surface area contributed by atoms with Crippen molar-refractivity contribution in [3.63, 3.8) is 0 Å². The van der Waals surface area contributed by atoms with Gasteiger partial charge in [0.15, 0.2) is 0 Å². The molecule has 0 bridgehead atoms. The molecule has 6 nitrogen and oxygen atoms in total. The van der Waals surface area contributed by atoms with Crippen molar-refractivity contribution in [3.05, 3.63) is 0 Å². The maximum absolute atomic E-state index is 11.9. The van der Waals surface area contributed by atoms with Gasteiger partial charge in [-0.15, -0.1) is 0 Å². The molecule has 0 saturated carbocycles. The van der Waals surface area contributed by atoms with E-state index >= 15 is 0 Å². The van der Waals surface area contributed by atoms with Gasteiger partial charge in [0, 0.05) is 19.1 Å². The summed E-state index contributed by atoms with van der Waals surface area (Å²) in [6.07, 6.45) is 2.50. The summed E-state index contributed by atoms with van der Waals surface area (Å²) in [5, 5.41) is 11.7. The summed E-state index contributed by atoms with van der Waals surface area (Å²) < 4.78 is 0. The zero-order valence-electron chi connectivity index (χ0n) is 11.8.